The molecule has 0 aliphatic carbocycles. The second-order valence-electron chi connectivity index (χ2n) is 4.20. The summed E-state index contributed by atoms with van der Waals surface area (Å²) in [6.07, 6.45) is 1.19. The molecule has 20 heavy (non-hydrogen) atoms. The molecule has 0 N–H and O–H groups in total. The number of rotatable bonds is 3. The van der Waals surface area contributed by atoms with E-state index in [0.29, 0.717) is 17.0 Å². The van der Waals surface area contributed by atoms with Crippen LogP contribution in [0.3, 0.4) is 0 Å². The fraction of sp³-hybridized carbons (Fsp3) is 0.133. The molecule has 1 heterocycles. The van der Waals surface area contributed by atoms with Crippen LogP contribution in [0.15, 0.2) is 52.3 Å². The lowest BCUT2D eigenvalue weighted by atomic mass is 10.1. The van der Waals surface area contributed by atoms with Gasteiger partial charge in [-0.1, -0.05) is 18.7 Å². The highest BCUT2D eigenvalue weighted by Gasteiger charge is 2.22. The van der Waals surface area contributed by atoms with Gasteiger partial charge in [0.05, 0.1) is 18.2 Å². The highest BCUT2D eigenvalue weighted by atomic mass is 127. The van der Waals surface area contributed by atoms with Crippen LogP contribution in [-0.4, -0.2) is 17.9 Å². The Kier molecular flexibility index (Phi) is 4.55. The molecule has 0 spiro atoms. The minimum atomic E-state index is -2.45. The lowest BCUT2D eigenvalue weighted by Gasteiger charge is -2.31. The molecule has 0 saturated heterocycles. The van der Waals surface area contributed by atoms with Crippen molar-refractivity contribution in [1.82, 2.24) is 4.90 Å². The van der Waals surface area contributed by atoms with E-state index >= 15 is 0 Å². The van der Waals surface area contributed by atoms with Crippen molar-refractivity contribution in [2.45, 2.75) is 6.43 Å². The first-order valence-corrected chi connectivity index (χ1v) is 6.94. The topological polar surface area (TPSA) is 27.0 Å². The number of benzene rings is 1. The van der Waals surface area contributed by atoms with Crippen molar-refractivity contribution in [3.05, 3.63) is 63.4 Å². The van der Waals surface area contributed by atoms with E-state index in [2.05, 4.69) is 29.2 Å². The van der Waals surface area contributed by atoms with Gasteiger partial charge in [-0.15, -0.1) is 0 Å². The van der Waals surface area contributed by atoms with E-state index in [1.165, 1.54) is 4.90 Å². The quantitative estimate of drug-likeness (QED) is 0.727. The molecule has 0 bridgehead atoms. The number of alkyl halides is 2. The van der Waals surface area contributed by atoms with Gasteiger partial charge in [0.2, 0.25) is 0 Å². The van der Waals surface area contributed by atoms with Crippen molar-refractivity contribution in [2.75, 3.05) is 6.54 Å². The van der Waals surface area contributed by atoms with Gasteiger partial charge in [-0.2, -0.15) is 5.26 Å². The zero-order valence-corrected chi connectivity index (χ0v) is 12.6. The first kappa shape index (κ1) is 14.7. The molecule has 102 valence electrons. The van der Waals surface area contributed by atoms with Crippen LogP contribution in [-0.2, 0) is 0 Å². The molecule has 2 rings (SSSR count). The van der Waals surface area contributed by atoms with Crippen LogP contribution in [0.5, 0.6) is 0 Å². The molecule has 0 fully saturated rings. The normalized spacial score (nSPS) is 14.9. The molecule has 0 saturated carbocycles. The Bertz CT molecular complexity index is 624. The number of hydrogen-bond donors (Lipinski definition) is 0. The summed E-state index contributed by atoms with van der Waals surface area (Å²) in [6, 6.07) is 8.88. The fourth-order valence-corrected chi connectivity index (χ4v) is 2.40. The van der Waals surface area contributed by atoms with Gasteiger partial charge in [0.1, 0.15) is 0 Å². The van der Waals surface area contributed by atoms with Crippen LogP contribution in [0.25, 0.3) is 5.70 Å². The third kappa shape index (κ3) is 3.07. The third-order valence-electron chi connectivity index (χ3n) is 2.91. The fourth-order valence-electron chi connectivity index (χ4n) is 1.93. The molecule has 0 amide bonds. The second-order valence-corrected chi connectivity index (χ2v) is 5.37. The van der Waals surface area contributed by atoms with Crippen LogP contribution >= 0.6 is 22.6 Å². The largest absolute Gasteiger partial charge is 0.335 e. The molecule has 1 aliphatic rings. The monoisotopic (exact) mass is 384 g/mol. The molecule has 1 aromatic carbocycles. The summed E-state index contributed by atoms with van der Waals surface area (Å²) in [4.78, 5) is 1.51. The molecular weight excluding hydrogens is 373 g/mol. The van der Waals surface area contributed by atoms with E-state index in [0.717, 1.165) is 9.14 Å². The van der Waals surface area contributed by atoms with Crippen molar-refractivity contribution in [3.8, 4) is 6.07 Å². The molecule has 0 unspecified atom stereocenters. The predicted molar refractivity (Wildman–Crippen MR) is 83.1 cm³/mol. The molecule has 0 aromatic heterocycles. The second kappa shape index (κ2) is 6.18. The number of halogens is 3. The van der Waals surface area contributed by atoms with Crippen LogP contribution < -0.4 is 0 Å². The van der Waals surface area contributed by atoms with Crippen molar-refractivity contribution >= 4 is 28.3 Å². The molecule has 1 aromatic rings. The molecule has 2 nitrogen and oxygen atoms in total. The molecule has 0 radical (unpaired) electrons. The molecule has 0 atom stereocenters. The summed E-state index contributed by atoms with van der Waals surface area (Å²) < 4.78 is 26.3. The van der Waals surface area contributed by atoms with Gasteiger partial charge in [0.25, 0.3) is 6.43 Å². The first-order valence-electron chi connectivity index (χ1n) is 5.86. The maximum atomic E-state index is 12.8. The highest BCUT2D eigenvalue weighted by Crippen LogP contribution is 2.34. The number of nitrogens with zero attached hydrogens (tertiary/aromatic N) is 2. The van der Waals surface area contributed by atoms with Crippen LogP contribution in [0, 0.1) is 11.3 Å². The van der Waals surface area contributed by atoms with Crippen LogP contribution in [0.1, 0.15) is 11.1 Å². The van der Waals surface area contributed by atoms with Crippen LogP contribution in [0.4, 0.5) is 8.78 Å². The number of allylic oxidation sites excluding steroid dienone is 3. The molecule has 5 heteroatoms. The number of nitriles is 1. The van der Waals surface area contributed by atoms with Gasteiger partial charge in [0, 0.05) is 15.0 Å². The summed E-state index contributed by atoms with van der Waals surface area (Å²) >= 11 is 2.07. The Morgan fingerprint density at radius 3 is 2.45 bits per heavy atom. The number of hydrogen-bond acceptors (Lipinski definition) is 2. The Morgan fingerprint density at radius 2 is 1.90 bits per heavy atom. The van der Waals surface area contributed by atoms with Crippen molar-refractivity contribution < 1.29 is 8.78 Å². The predicted octanol–water partition coefficient (Wildman–Crippen LogP) is 4.31. The van der Waals surface area contributed by atoms with Gasteiger partial charge in [0.15, 0.2) is 0 Å². The summed E-state index contributed by atoms with van der Waals surface area (Å²) in [6.45, 7) is 3.46. The van der Waals surface area contributed by atoms with E-state index in [-0.39, 0.29) is 0 Å². The van der Waals surface area contributed by atoms with E-state index in [4.69, 9.17) is 5.26 Å². The molecular formula is C15H11F2IN2. The molecule has 1 aliphatic heterocycles. The third-order valence-corrected chi connectivity index (χ3v) is 3.89. The van der Waals surface area contributed by atoms with Crippen molar-refractivity contribution in [3.63, 3.8) is 0 Å². The highest BCUT2D eigenvalue weighted by molar-refractivity contribution is 14.1. The van der Waals surface area contributed by atoms with Gasteiger partial charge in [-0.25, -0.2) is 8.78 Å². The SMILES string of the molecule is C=C1C(I)=CC=C(c2ccc(C#N)cc2)N1CC(F)F. The van der Waals surface area contributed by atoms with Gasteiger partial charge in [-0.05, 0) is 52.4 Å². The van der Waals surface area contributed by atoms with E-state index < -0.39 is 13.0 Å². The standard InChI is InChI=1S/C15H11F2IN2/c1-10-13(18)6-7-14(20(10)9-15(16)17)12-4-2-11(8-19)3-5-12/h2-7,15H,1,9H2. The minimum Gasteiger partial charge on any atom is -0.335 e. The Morgan fingerprint density at radius 1 is 1.25 bits per heavy atom. The summed E-state index contributed by atoms with van der Waals surface area (Å²) in [5.74, 6) is 0. The summed E-state index contributed by atoms with van der Waals surface area (Å²) in [7, 11) is 0. The van der Waals surface area contributed by atoms with Gasteiger partial charge in [-0.3, -0.25) is 0 Å². The Labute approximate surface area is 129 Å². The van der Waals surface area contributed by atoms with Crippen LogP contribution in [0.2, 0.25) is 0 Å². The van der Waals surface area contributed by atoms with Gasteiger partial charge >= 0.3 is 0 Å². The summed E-state index contributed by atoms with van der Waals surface area (Å²) in [5, 5.41) is 8.79. The average molecular weight is 384 g/mol. The van der Waals surface area contributed by atoms with Crippen molar-refractivity contribution in [1.29, 1.82) is 5.26 Å². The minimum absolute atomic E-state index is 0.398. The lowest BCUT2D eigenvalue weighted by molar-refractivity contribution is 0.123. The van der Waals surface area contributed by atoms with E-state index in [1.807, 2.05) is 12.1 Å². The van der Waals surface area contributed by atoms with E-state index in [9.17, 15) is 8.78 Å². The zero-order chi connectivity index (χ0) is 14.7. The maximum Gasteiger partial charge on any atom is 0.256 e. The lowest BCUT2D eigenvalue weighted by Crippen LogP contribution is -2.28. The zero-order valence-electron chi connectivity index (χ0n) is 10.5. The average Bonchev–Trinajstić information content (AvgIpc) is 2.44. The Hall–Kier alpha value is -1.68. The van der Waals surface area contributed by atoms with Gasteiger partial charge < -0.3 is 4.90 Å². The first-order chi connectivity index (χ1) is 9.52. The smallest absolute Gasteiger partial charge is 0.256 e. The van der Waals surface area contributed by atoms with Crippen molar-refractivity contribution in [2.24, 2.45) is 0 Å². The van der Waals surface area contributed by atoms with E-state index in [1.54, 1.807) is 30.3 Å². The Balaban J connectivity index is 2.39. The summed E-state index contributed by atoms with van der Waals surface area (Å²) in [5.41, 5.74) is 2.55. The maximum absolute atomic E-state index is 12.8.